The van der Waals surface area contributed by atoms with Gasteiger partial charge in [0.2, 0.25) is 0 Å². The Bertz CT molecular complexity index is 6480. The zero-order chi connectivity index (χ0) is 110. The molecule has 57 nitrogen and oxygen atoms in total. The van der Waals surface area contributed by atoms with Crippen molar-refractivity contribution in [3.63, 3.8) is 0 Å². The predicted octanol–water partition coefficient (Wildman–Crippen LogP) is 15.1. The standard InChI is InChI=1S/C21H21N3O7.C16H17N3O6.C16H19N3O4.C11H13N3O6.C11H15N3O4.C7H4N2O6.C6H5N3O4/c1-11-6-16(25)23(18(11)27)13-7-12(22-20(29)31-21(2,3)4)8-14(9-13)24-17(26)10-15(30-5)19(24)28;1-9-5-13(20)18(14(9)21)11-6-10(7-12(8-11)19(23)24)17-15(22)25-16(2,3)4;1-9-5-13(20)19(14(9)21)12-7-10(17)6-11(8-12)18-15(22)23-16(2,3)4;1-11(2,3)20-10(15)12-7-4-8(13(16)17)6-9(5-7)14(18)19;1-11(2,3)18-10(15)13-8-4-7(12)5-9(6-8)14(16)17;10-7(11)4-1-5(8(12)13)3-6(2-4)9(14)15;7-4-1-5(8(10)11)3-6(2-4)9(12)13/h6-10H,1-5H3,(H,22,29);5-8H,1-4H3,(H,17,22);5-8H,17H2,1-4H3,(H,18,22);4-6H,1-3H3,(H,12,15);4-6H,12H2,1-3H3,(H,13,15);1-3H,(H,10,11);1-3H,7H2. The van der Waals surface area contributed by atoms with Gasteiger partial charge in [0, 0.05) is 124 Å². The van der Waals surface area contributed by atoms with Gasteiger partial charge in [0.1, 0.15) is 28.0 Å². The Labute approximate surface area is 818 Å². The number of nitro benzene ring substituents is 8. The Balaban J connectivity index is 0.000000303. The van der Waals surface area contributed by atoms with Crippen LogP contribution in [0.25, 0.3) is 0 Å². The fourth-order valence-corrected chi connectivity index (χ4v) is 11.6. The molecule has 0 radical (unpaired) electrons. The molecule has 0 atom stereocenters. The van der Waals surface area contributed by atoms with E-state index in [-0.39, 0.29) is 90.8 Å². The van der Waals surface area contributed by atoms with E-state index >= 15 is 0 Å². The van der Waals surface area contributed by atoms with Crippen LogP contribution < -0.4 is 63.4 Å². The van der Waals surface area contributed by atoms with Crippen molar-refractivity contribution < 1.29 is 140 Å². The molecule has 145 heavy (non-hydrogen) atoms. The van der Waals surface area contributed by atoms with E-state index in [4.69, 9.17) is 50.7 Å². The van der Waals surface area contributed by atoms with Gasteiger partial charge >= 0.3 is 42.3 Å². The summed E-state index contributed by atoms with van der Waals surface area (Å²) in [5.74, 6) is -6.19. The summed E-state index contributed by atoms with van der Waals surface area (Å²) in [7, 11) is 1.25. The normalized spacial score (nSPS) is 13.0. The number of nitrogens with one attached hydrogen (secondary N) is 5. The minimum Gasteiger partial charge on any atom is -0.491 e. The highest BCUT2D eigenvalue weighted by atomic mass is 16.7. The van der Waals surface area contributed by atoms with E-state index in [0.717, 1.165) is 92.4 Å². The monoisotopic (exact) mass is 2020 g/mol. The fourth-order valence-electron chi connectivity index (χ4n) is 11.6. The molecule has 0 bridgehead atoms. The molecule has 4 aliphatic heterocycles. The second-order valence-corrected chi connectivity index (χ2v) is 35.0. The van der Waals surface area contributed by atoms with Gasteiger partial charge in [-0.2, -0.15) is 0 Å². The summed E-state index contributed by atoms with van der Waals surface area (Å²) in [5.41, 5.74) is 11.2. The highest BCUT2D eigenvalue weighted by Gasteiger charge is 2.39. The number of nitrogens with two attached hydrogens (primary N) is 3. The summed E-state index contributed by atoms with van der Waals surface area (Å²) in [5, 5.41) is 105. The first-order chi connectivity index (χ1) is 66.6. The van der Waals surface area contributed by atoms with Crippen LogP contribution in [0.2, 0.25) is 0 Å². The number of anilines is 12. The number of carboxylic acid groups (broad SMARTS) is 1. The number of amides is 13. The van der Waals surface area contributed by atoms with Crippen LogP contribution in [0.4, 0.5) is 138 Å². The third-order valence-electron chi connectivity index (χ3n) is 17.0. The second-order valence-electron chi connectivity index (χ2n) is 35.0. The van der Waals surface area contributed by atoms with Crippen molar-refractivity contribution in [3.8, 4) is 0 Å². The van der Waals surface area contributed by atoms with E-state index in [9.17, 15) is 148 Å². The molecule has 4 aliphatic rings. The second kappa shape index (κ2) is 47.6. The molecular formula is C88H94N20O37. The lowest BCUT2D eigenvalue weighted by molar-refractivity contribution is -0.394. The van der Waals surface area contributed by atoms with Crippen LogP contribution >= 0.6 is 0 Å². The molecule has 11 rings (SSSR count). The minimum absolute atomic E-state index is 0.000833. The average molecular weight is 2020 g/mol. The van der Waals surface area contributed by atoms with Gasteiger partial charge in [0.15, 0.2) is 5.76 Å². The minimum atomic E-state index is -1.46. The van der Waals surface area contributed by atoms with Crippen LogP contribution in [0.15, 0.2) is 174 Å². The molecule has 0 unspecified atom stereocenters. The zero-order valence-electron chi connectivity index (χ0n) is 80.2. The third-order valence-corrected chi connectivity index (χ3v) is 17.0. The molecule has 12 N–H and O–H groups in total. The number of rotatable bonds is 19. The van der Waals surface area contributed by atoms with Crippen molar-refractivity contribution in [1.82, 2.24) is 0 Å². The van der Waals surface area contributed by atoms with Crippen molar-refractivity contribution >= 4 is 197 Å². The number of carbonyl (C=O) groups excluding carboxylic acids is 13. The largest absolute Gasteiger partial charge is 0.491 e. The number of hydrogen-bond acceptors (Lipinski definition) is 39. The molecule has 7 aromatic rings. The Morgan fingerprint density at radius 1 is 0.283 bits per heavy atom. The SMILES string of the molecule is CC(C)(C)OC(=O)Nc1cc(N)cc([N+](=O)[O-])c1.CC(C)(C)OC(=O)Nc1cc([N+](=O)[O-])cc([N+](=O)[O-])c1.CC1=CC(=O)N(c2cc(N)cc(NC(=O)OC(C)(C)C)c2)C1=O.CC1=CC(=O)N(c2cc(NC(=O)OC(C)(C)C)cc([N+](=O)[O-])c2)C1=O.COC1=CC(=O)N(c2cc(NC(=O)OC(C)(C)C)cc(N3C(=O)C=C(C)C3=O)c2)C1=O.Nc1cc([N+](=O)[O-])cc([N+](=O)[O-])c1.O=C(O)c1cc([N+](=O)[O-])cc([N+](=O)[O-])c1. The number of aromatic carboxylic acids is 1. The van der Waals surface area contributed by atoms with Crippen molar-refractivity contribution in [2.24, 2.45) is 0 Å². The summed E-state index contributed by atoms with van der Waals surface area (Å²) in [6.07, 6.45) is 0.790. The number of carboxylic acids is 1. The lowest BCUT2D eigenvalue weighted by atomic mass is 10.2. The van der Waals surface area contributed by atoms with Gasteiger partial charge in [-0.25, -0.2) is 48.4 Å². The van der Waals surface area contributed by atoms with Crippen LogP contribution in [-0.2, 0) is 66.8 Å². The maximum absolute atomic E-state index is 12.5. The van der Waals surface area contributed by atoms with Crippen molar-refractivity contribution in [1.29, 1.82) is 0 Å². The van der Waals surface area contributed by atoms with Crippen molar-refractivity contribution in [3.05, 3.63) is 261 Å². The molecule has 768 valence electrons. The molecule has 0 spiro atoms. The van der Waals surface area contributed by atoms with Gasteiger partial charge in [0.05, 0.1) is 116 Å². The molecule has 0 saturated heterocycles. The number of hydrogen-bond donors (Lipinski definition) is 9. The maximum atomic E-state index is 12.5. The first kappa shape index (κ1) is 116. The van der Waals surface area contributed by atoms with E-state index in [1.54, 1.807) is 111 Å². The Kier molecular flexibility index (Phi) is 38.0. The molecule has 0 aromatic heterocycles. The molecular weight excluding hydrogens is 1930 g/mol. The van der Waals surface area contributed by atoms with Gasteiger partial charge in [-0.1, -0.05) is 0 Å². The number of ether oxygens (including phenoxy) is 6. The van der Waals surface area contributed by atoms with Gasteiger partial charge in [-0.15, -0.1) is 0 Å². The molecule has 0 aliphatic carbocycles. The predicted molar refractivity (Wildman–Crippen MR) is 514 cm³/mol. The topological polar surface area (TPSA) is 811 Å². The summed E-state index contributed by atoms with van der Waals surface area (Å²) >= 11 is 0. The van der Waals surface area contributed by atoms with E-state index in [2.05, 4.69) is 26.6 Å². The number of non-ortho nitro benzene ring substituents is 8. The third kappa shape index (κ3) is 36.0. The lowest BCUT2D eigenvalue weighted by Gasteiger charge is -2.22. The van der Waals surface area contributed by atoms with Crippen molar-refractivity contribution in [2.45, 2.75) is 153 Å². The Morgan fingerprint density at radius 3 is 0.731 bits per heavy atom. The fraction of sp³-hybridized carbons (Fsp3) is 0.273. The van der Waals surface area contributed by atoms with E-state index in [1.807, 2.05) is 0 Å². The maximum Gasteiger partial charge on any atom is 0.412 e. The van der Waals surface area contributed by atoms with E-state index < -0.39 is 179 Å². The number of carbonyl (C=O) groups is 14. The number of nitrogen functional groups attached to an aromatic ring is 3. The summed E-state index contributed by atoms with van der Waals surface area (Å²) in [6, 6.07) is 23.9. The van der Waals surface area contributed by atoms with Gasteiger partial charge in [-0.05, 0) is 173 Å². The number of nitrogens with zero attached hydrogens (tertiary/aromatic N) is 12. The quantitative estimate of drug-likeness (QED) is 0.0119. The van der Waals surface area contributed by atoms with Crippen LogP contribution in [-0.4, -0.2) is 163 Å². The summed E-state index contributed by atoms with van der Waals surface area (Å²) < 4.78 is 30.3. The first-order valence-electron chi connectivity index (χ1n) is 41.2. The molecule has 57 heteroatoms. The number of imide groups is 4. The summed E-state index contributed by atoms with van der Waals surface area (Å²) in [6.45, 7) is 29.9. The molecule has 0 saturated carbocycles. The van der Waals surface area contributed by atoms with Gasteiger partial charge in [-0.3, -0.25) is 146 Å². The van der Waals surface area contributed by atoms with Gasteiger partial charge < -0.3 is 50.7 Å². The number of nitro groups is 8. The Hall–Kier alpha value is -19.7. The highest BCUT2D eigenvalue weighted by Crippen LogP contribution is 2.38. The summed E-state index contributed by atoms with van der Waals surface area (Å²) in [4.78, 5) is 249. The van der Waals surface area contributed by atoms with Crippen molar-refractivity contribution in [2.75, 3.05) is 70.5 Å². The van der Waals surface area contributed by atoms with Crippen LogP contribution in [0, 0.1) is 80.9 Å². The zero-order valence-corrected chi connectivity index (χ0v) is 80.2. The first-order valence-corrected chi connectivity index (χ1v) is 41.2. The number of benzene rings is 7. The average Bonchev–Trinajstić information content (AvgIpc) is 1.64. The van der Waals surface area contributed by atoms with Crippen LogP contribution in [0.5, 0.6) is 0 Å². The Morgan fingerprint density at radius 2 is 0.483 bits per heavy atom. The van der Waals surface area contributed by atoms with Gasteiger partial charge in [0.25, 0.3) is 86.8 Å². The molecule has 4 heterocycles. The number of methoxy groups -OCH3 is 1. The molecule has 0 fully saturated rings. The molecule has 7 aromatic carbocycles. The molecule has 13 amide bonds. The van der Waals surface area contributed by atoms with Crippen LogP contribution in [0.1, 0.15) is 135 Å². The van der Waals surface area contributed by atoms with E-state index in [1.165, 1.54) is 93.8 Å². The van der Waals surface area contributed by atoms with Crippen LogP contribution in [0.3, 0.4) is 0 Å². The highest BCUT2D eigenvalue weighted by molar-refractivity contribution is 6.33. The lowest BCUT2D eigenvalue weighted by Crippen LogP contribution is -2.33. The smallest absolute Gasteiger partial charge is 0.412 e. The van der Waals surface area contributed by atoms with E-state index in [0.29, 0.717) is 28.7 Å².